The Balaban J connectivity index is 1.73. The second-order valence-corrected chi connectivity index (χ2v) is 7.41. The van der Waals surface area contributed by atoms with Crippen LogP contribution in [-0.4, -0.2) is 47.3 Å². The minimum absolute atomic E-state index is 0.0866. The number of fused-ring (bicyclic) bond motifs is 1. The minimum atomic E-state index is -0.471. The van der Waals surface area contributed by atoms with Crippen LogP contribution in [0.2, 0.25) is 0 Å². The molecule has 29 heavy (non-hydrogen) atoms. The monoisotopic (exact) mass is 392 g/mol. The lowest BCUT2D eigenvalue weighted by Crippen LogP contribution is -2.11. The molecular weight excluding hydrogens is 368 g/mol. The summed E-state index contributed by atoms with van der Waals surface area (Å²) in [6.07, 6.45) is 3.23. The van der Waals surface area contributed by atoms with Crippen molar-refractivity contribution in [3.8, 4) is 28.5 Å². The van der Waals surface area contributed by atoms with Gasteiger partial charge in [0.2, 0.25) is 0 Å². The summed E-state index contributed by atoms with van der Waals surface area (Å²) in [6, 6.07) is 7.66. The number of nitrogens with zero attached hydrogens (tertiary/aromatic N) is 5. The van der Waals surface area contributed by atoms with Crippen LogP contribution in [0.4, 0.5) is 0 Å². The first-order chi connectivity index (χ1) is 13.9. The molecular formula is C21H24N6O2. The third-order valence-electron chi connectivity index (χ3n) is 4.45. The number of nitrogens with one attached hydrogen (secondary N) is 1. The van der Waals surface area contributed by atoms with Crippen molar-refractivity contribution in [3.05, 3.63) is 42.4 Å². The second kappa shape index (κ2) is 7.63. The van der Waals surface area contributed by atoms with E-state index in [1.54, 1.807) is 17.8 Å². The highest BCUT2D eigenvalue weighted by atomic mass is 16.5. The maximum atomic E-state index is 9.61. The predicted octanol–water partition coefficient (Wildman–Crippen LogP) is 3.36. The van der Waals surface area contributed by atoms with Gasteiger partial charge >= 0.3 is 0 Å². The van der Waals surface area contributed by atoms with Crippen molar-refractivity contribution in [1.82, 2.24) is 29.9 Å². The van der Waals surface area contributed by atoms with Gasteiger partial charge in [-0.05, 0) is 52.0 Å². The normalized spacial score (nSPS) is 12.6. The first-order valence-corrected chi connectivity index (χ1v) is 9.61. The Morgan fingerprint density at radius 3 is 2.79 bits per heavy atom. The number of hydrogen-bond donors (Lipinski definition) is 2. The van der Waals surface area contributed by atoms with Crippen LogP contribution >= 0.6 is 0 Å². The number of aliphatic hydroxyl groups excluding tert-OH is 1. The van der Waals surface area contributed by atoms with Crippen LogP contribution < -0.4 is 4.74 Å². The number of hydrogen-bond acceptors (Lipinski definition) is 6. The van der Waals surface area contributed by atoms with Crippen LogP contribution in [-0.2, 0) is 6.54 Å². The quantitative estimate of drug-likeness (QED) is 0.522. The fourth-order valence-corrected chi connectivity index (χ4v) is 3.27. The Kier molecular flexibility index (Phi) is 5.02. The highest BCUT2D eigenvalue weighted by molar-refractivity contribution is 5.92. The number of H-pyrrole nitrogens is 1. The van der Waals surface area contributed by atoms with Crippen molar-refractivity contribution in [2.45, 2.75) is 46.4 Å². The number of aryl methyl sites for hydroxylation is 1. The predicted molar refractivity (Wildman–Crippen MR) is 111 cm³/mol. The third kappa shape index (κ3) is 3.97. The summed E-state index contributed by atoms with van der Waals surface area (Å²) in [5, 5.41) is 22.4. The molecule has 8 nitrogen and oxygen atoms in total. The maximum absolute atomic E-state index is 9.61. The molecule has 4 aromatic rings. The van der Waals surface area contributed by atoms with Gasteiger partial charge in [-0.25, -0.2) is 9.97 Å². The number of aliphatic hydroxyl groups is 1. The SMILES string of the molecule is Cc1nn(CC(C)O)cc1-c1ccnc(-c2n[nH]c3ccc(OC(C)C)cc23)n1. The molecule has 0 bridgehead atoms. The van der Waals surface area contributed by atoms with Crippen LogP contribution in [0.15, 0.2) is 36.7 Å². The minimum Gasteiger partial charge on any atom is -0.491 e. The maximum Gasteiger partial charge on any atom is 0.181 e. The molecule has 0 fully saturated rings. The number of rotatable bonds is 6. The van der Waals surface area contributed by atoms with Crippen LogP contribution in [0.3, 0.4) is 0 Å². The molecule has 0 aliphatic heterocycles. The zero-order valence-electron chi connectivity index (χ0n) is 16.9. The number of benzene rings is 1. The van der Waals surface area contributed by atoms with Crippen LogP contribution in [0.1, 0.15) is 26.5 Å². The van der Waals surface area contributed by atoms with E-state index in [0.29, 0.717) is 18.1 Å². The summed E-state index contributed by atoms with van der Waals surface area (Å²) in [5.41, 5.74) is 4.07. The van der Waals surface area contributed by atoms with E-state index in [0.717, 1.165) is 33.6 Å². The summed E-state index contributed by atoms with van der Waals surface area (Å²) in [6.45, 7) is 8.08. The molecule has 0 aliphatic rings. The summed E-state index contributed by atoms with van der Waals surface area (Å²) < 4.78 is 7.54. The first-order valence-electron chi connectivity index (χ1n) is 9.61. The lowest BCUT2D eigenvalue weighted by atomic mass is 10.1. The van der Waals surface area contributed by atoms with E-state index in [-0.39, 0.29) is 6.10 Å². The summed E-state index contributed by atoms with van der Waals surface area (Å²) in [5.74, 6) is 1.31. The van der Waals surface area contributed by atoms with E-state index in [1.165, 1.54) is 0 Å². The van der Waals surface area contributed by atoms with Crippen LogP contribution in [0.25, 0.3) is 33.7 Å². The molecule has 1 atom stereocenters. The largest absolute Gasteiger partial charge is 0.491 e. The van der Waals surface area contributed by atoms with E-state index >= 15 is 0 Å². The molecule has 0 amide bonds. The van der Waals surface area contributed by atoms with Gasteiger partial charge in [-0.15, -0.1) is 0 Å². The standard InChI is InChI=1S/C21H24N6O2/c1-12(2)29-15-5-6-19-16(9-15)20(25-24-19)21-22-8-7-18(23-21)17-11-27(10-13(3)28)26-14(17)4/h5-9,11-13,28H,10H2,1-4H3,(H,24,25). The molecule has 3 heterocycles. The molecule has 0 aliphatic carbocycles. The van der Waals surface area contributed by atoms with Crippen LogP contribution in [0, 0.1) is 6.92 Å². The van der Waals surface area contributed by atoms with Crippen molar-refractivity contribution in [2.24, 2.45) is 0 Å². The number of ether oxygens (including phenoxy) is 1. The van der Waals surface area contributed by atoms with Gasteiger partial charge in [0, 0.05) is 23.3 Å². The summed E-state index contributed by atoms with van der Waals surface area (Å²) >= 11 is 0. The first kappa shape index (κ1) is 19.1. The van der Waals surface area contributed by atoms with Gasteiger partial charge in [0.25, 0.3) is 0 Å². The van der Waals surface area contributed by atoms with Gasteiger partial charge in [-0.1, -0.05) is 0 Å². The van der Waals surface area contributed by atoms with E-state index in [4.69, 9.17) is 9.72 Å². The molecule has 150 valence electrons. The Bertz CT molecular complexity index is 1150. The van der Waals surface area contributed by atoms with Crippen molar-refractivity contribution < 1.29 is 9.84 Å². The van der Waals surface area contributed by atoms with Crippen LogP contribution in [0.5, 0.6) is 5.75 Å². The molecule has 1 aromatic carbocycles. The van der Waals surface area contributed by atoms with Crippen molar-refractivity contribution >= 4 is 10.9 Å². The molecule has 8 heteroatoms. The number of aromatic amines is 1. The average Bonchev–Trinajstić information content (AvgIpc) is 3.24. The Morgan fingerprint density at radius 1 is 1.21 bits per heavy atom. The molecule has 1 unspecified atom stereocenters. The Morgan fingerprint density at radius 2 is 2.03 bits per heavy atom. The lowest BCUT2D eigenvalue weighted by molar-refractivity contribution is 0.168. The van der Waals surface area contributed by atoms with Gasteiger partial charge in [0.15, 0.2) is 5.82 Å². The molecule has 0 radical (unpaired) electrons. The van der Waals surface area contributed by atoms with Crippen molar-refractivity contribution in [1.29, 1.82) is 0 Å². The van der Waals surface area contributed by atoms with Gasteiger partial charge in [-0.3, -0.25) is 9.78 Å². The summed E-state index contributed by atoms with van der Waals surface area (Å²) in [7, 11) is 0. The Labute approximate surface area is 168 Å². The number of aromatic nitrogens is 6. The second-order valence-electron chi connectivity index (χ2n) is 7.41. The fourth-order valence-electron chi connectivity index (χ4n) is 3.27. The highest BCUT2D eigenvalue weighted by Crippen LogP contribution is 2.29. The highest BCUT2D eigenvalue weighted by Gasteiger charge is 2.15. The molecule has 0 saturated carbocycles. The fraction of sp³-hybridized carbons (Fsp3) is 0.333. The van der Waals surface area contributed by atoms with E-state index in [2.05, 4.69) is 20.3 Å². The van der Waals surface area contributed by atoms with E-state index in [1.807, 2.05) is 51.2 Å². The van der Waals surface area contributed by atoms with Gasteiger partial charge < -0.3 is 9.84 Å². The van der Waals surface area contributed by atoms with Gasteiger partial charge in [-0.2, -0.15) is 10.2 Å². The molecule has 4 rings (SSSR count). The smallest absolute Gasteiger partial charge is 0.181 e. The van der Waals surface area contributed by atoms with Gasteiger partial charge in [0.05, 0.1) is 35.7 Å². The van der Waals surface area contributed by atoms with Crippen molar-refractivity contribution in [2.75, 3.05) is 0 Å². The lowest BCUT2D eigenvalue weighted by Gasteiger charge is -2.09. The molecule has 3 aromatic heterocycles. The third-order valence-corrected chi connectivity index (χ3v) is 4.45. The topological polar surface area (TPSA) is 102 Å². The van der Waals surface area contributed by atoms with Crippen molar-refractivity contribution in [3.63, 3.8) is 0 Å². The summed E-state index contributed by atoms with van der Waals surface area (Å²) in [4.78, 5) is 9.16. The average molecular weight is 392 g/mol. The zero-order chi connectivity index (χ0) is 20.5. The van der Waals surface area contributed by atoms with E-state index in [9.17, 15) is 5.11 Å². The molecule has 0 saturated heterocycles. The molecule has 2 N–H and O–H groups in total. The van der Waals surface area contributed by atoms with Gasteiger partial charge in [0.1, 0.15) is 11.4 Å². The molecule has 0 spiro atoms. The van der Waals surface area contributed by atoms with E-state index < -0.39 is 6.10 Å². The Hall–Kier alpha value is -3.26. The zero-order valence-corrected chi connectivity index (χ0v) is 16.9.